The number of rotatable bonds is 10. The molecule has 83 heavy (non-hydrogen) atoms. The number of thiophene rings is 1. The number of benzene rings is 9. The second kappa shape index (κ2) is 21.1. The quantitative estimate of drug-likeness (QED) is 0.0998. The third kappa shape index (κ3) is 10.5. The van der Waals surface area contributed by atoms with Gasteiger partial charge in [-0.3, -0.25) is 0 Å². The summed E-state index contributed by atoms with van der Waals surface area (Å²) in [6, 6.07) is 78.0. The van der Waals surface area contributed by atoms with Crippen molar-refractivity contribution in [2.24, 2.45) is 5.41 Å². The predicted molar refractivity (Wildman–Crippen MR) is 364 cm³/mol. The Kier molecular flexibility index (Phi) is 14.0. The molecule has 0 bridgehead atoms. The summed E-state index contributed by atoms with van der Waals surface area (Å²) in [7, 11) is 0. The number of hydrogen-bond donors (Lipinski definition) is 0. The van der Waals surface area contributed by atoms with E-state index >= 15 is 0 Å². The standard InChI is InChI=1S/C78H76BN3S/c1-14-59(28-23-47-75(2,3)4)80(60-38-32-56(33-39-60)76(5,6)7)63-44-45-67-68(51-63)81(61-40-34-57(35-41-61)77(8,9)10)69-49-55(52-24-17-15-18-25-52)50-70-72(69)79(67)74-73(82(70)62-42-36-58(37-43-62)78(11,12)13)66-48-54(31-46-71(66)83-74)65-30-22-21-29-64(65)53-26-19-16-20-27-53/h14-51H,1H2,2-13H3/b47-23+,59-28+. The highest BCUT2D eigenvalue weighted by atomic mass is 32.1. The van der Waals surface area contributed by atoms with Crippen LogP contribution in [0.2, 0.25) is 0 Å². The normalized spacial score (nSPS) is 13.5. The highest BCUT2D eigenvalue weighted by Gasteiger charge is 2.46. The molecule has 5 heteroatoms. The van der Waals surface area contributed by atoms with Crippen molar-refractivity contribution in [3.63, 3.8) is 0 Å². The number of hydrogen-bond acceptors (Lipinski definition) is 4. The molecule has 0 fully saturated rings. The number of fused-ring (bicyclic) bond motifs is 6. The maximum absolute atomic E-state index is 4.48. The highest BCUT2D eigenvalue weighted by Crippen LogP contribution is 2.51. The van der Waals surface area contributed by atoms with E-state index in [4.69, 9.17) is 0 Å². The van der Waals surface area contributed by atoms with Crippen LogP contribution in [0.1, 0.15) is 99.8 Å². The molecule has 0 saturated carbocycles. The predicted octanol–water partition coefficient (Wildman–Crippen LogP) is 20.7. The Hall–Kier alpha value is -8.38. The van der Waals surface area contributed by atoms with Gasteiger partial charge >= 0.3 is 0 Å². The maximum Gasteiger partial charge on any atom is 0.264 e. The largest absolute Gasteiger partial charge is 0.311 e. The van der Waals surface area contributed by atoms with E-state index in [1.165, 1.54) is 87.4 Å². The zero-order chi connectivity index (χ0) is 58.2. The molecule has 0 unspecified atom stereocenters. The van der Waals surface area contributed by atoms with Gasteiger partial charge < -0.3 is 14.7 Å². The summed E-state index contributed by atoms with van der Waals surface area (Å²) in [5.74, 6) is 0. The van der Waals surface area contributed by atoms with Gasteiger partial charge in [0.25, 0.3) is 6.71 Å². The van der Waals surface area contributed by atoms with Crippen molar-refractivity contribution < 1.29 is 0 Å². The first-order valence-electron chi connectivity index (χ1n) is 29.5. The lowest BCUT2D eigenvalue weighted by Gasteiger charge is -2.44. The van der Waals surface area contributed by atoms with Crippen LogP contribution in [-0.2, 0) is 16.2 Å². The molecule has 2 aliphatic rings. The fraction of sp³-hybridized carbons (Fsp3) is 0.205. The van der Waals surface area contributed by atoms with Crippen LogP contribution in [0, 0.1) is 5.41 Å². The SMILES string of the molecule is C=C/C(=C\C=C\C(C)(C)C)N(c1ccc(C(C)(C)C)cc1)c1ccc2c(c1)N(c1ccc(C(C)(C)C)cc1)c1cc(-c3ccccc3)cc3c1B2c1sc2ccc(-c4ccccc4-c4ccccc4)cc2c1N3c1ccc(C(C)(C)C)cc1. The highest BCUT2D eigenvalue weighted by molar-refractivity contribution is 7.33. The third-order valence-corrected chi connectivity index (χ3v) is 17.9. The monoisotopic (exact) mass is 1100 g/mol. The van der Waals surface area contributed by atoms with E-state index in [1.54, 1.807) is 0 Å². The van der Waals surface area contributed by atoms with Crippen LogP contribution < -0.4 is 30.4 Å². The van der Waals surface area contributed by atoms with Crippen molar-refractivity contribution >= 4 is 89.3 Å². The summed E-state index contributed by atoms with van der Waals surface area (Å²) in [5.41, 5.74) is 23.7. The first-order chi connectivity index (χ1) is 39.6. The van der Waals surface area contributed by atoms with E-state index in [9.17, 15) is 0 Å². The molecule has 0 radical (unpaired) electrons. The van der Waals surface area contributed by atoms with Gasteiger partial charge in [0.05, 0.1) is 5.69 Å². The molecular formula is C78H76BN3S. The Bertz CT molecular complexity index is 4120. The maximum atomic E-state index is 4.48. The van der Waals surface area contributed by atoms with Gasteiger partial charge in [0.15, 0.2) is 0 Å². The molecule has 0 amide bonds. The van der Waals surface area contributed by atoms with E-state index in [1.807, 2.05) is 17.4 Å². The van der Waals surface area contributed by atoms with Gasteiger partial charge in [-0.2, -0.15) is 0 Å². The summed E-state index contributed by atoms with van der Waals surface area (Å²) >= 11 is 1.94. The summed E-state index contributed by atoms with van der Waals surface area (Å²) in [4.78, 5) is 7.58. The average Bonchev–Trinajstić information content (AvgIpc) is 2.00. The van der Waals surface area contributed by atoms with Crippen molar-refractivity contribution in [2.45, 2.75) is 99.3 Å². The van der Waals surface area contributed by atoms with Crippen molar-refractivity contribution in [3.8, 4) is 33.4 Å². The minimum absolute atomic E-state index is 0.000733. The molecule has 10 aromatic rings. The van der Waals surface area contributed by atoms with Crippen LogP contribution in [0.3, 0.4) is 0 Å². The average molecular weight is 1100 g/mol. The van der Waals surface area contributed by atoms with Gasteiger partial charge in [0.2, 0.25) is 0 Å². The summed E-state index contributed by atoms with van der Waals surface area (Å²) in [6.45, 7) is 31.8. The molecule has 412 valence electrons. The molecule has 0 aliphatic carbocycles. The first-order valence-corrected chi connectivity index (χ1v) is 30.3. The minimum atomic E-state index is -0.0971. The smallest absolute Gasteiger partial charge is 0.264 e. The lowest BCUT2D eigenvalue weighted by Crippen LogP contribution is -2.60. The minimum Gasteiger partial charge on any atom is -0.311 e. The van der Waals surface area contributed by atoms with Crippen LogP contribution in [0.4, 0.5) is 45.5 Å². The van der Waals surface area contributed by atoms with Crippen LogP contribution in [0.15, 0.2) is 243 Å². The Morgan fingerprint density at radius 2 is 0.976 bits per heavy atom. The van der Waals surface area contributed by atoms with Crippen LogP contribution >= 0.6 is 11.3 Å². The number of allylic oxidation sites excluding steroid dienone is 4. The van der Waals surface area contributed by atoms with Gasteiger partial charge in [-0.1, -0.05) is 235 Å². The van der Waals surface area contributed by atoms with Gasteiger partial charge in [-0.25, -0.2) is 0 Å². The van der Waals surface area contributed by atoms with E-state index in [-0.39, 0.29) is 28.4 Å². The van der Waals surface area contributed by atoms with Gasteiger partial charge in [0, 0.05) is 60.4 Å². The molecule has 0 atom stereocenters. The Balaban J connectivity index is 1.17. The van der Waals surface area contributed by atoms with E-state index in [0.29, 0.717) is 0 Å². The van der Waals surface area contributed by atoms with Crippen molar-refractivity contribution in [3.05, 3.63) is 260 Å². The second-order valence-electron chi connectivity index (χ2n) is 26.8. The lowest BCUT2D eigenvalue weighted by atomic mass is 9.36. The Labute approximate surface area is 498 Å². The Morgan fingerprint density at radius 1 is 0.470 bits per heavy atom. The number of anilines is 8. The lowest BCUT2D eigenvalue weighted by molar-refractivity contribution is 0.544. The van der Waals surface area contributed by atoms with Crippen LogP contribution in [0.5, 0.6) is 0 Å². The van der Waals surface area contributed by atoms with Crippen molar-refractivity contribution in [1.29, 1.82) is 0 Å². The Morgan fingerprint density at radius 3 is 1.53 bits per heavy atom. The van der Waals surface area contributed by atoms with Crippen molar-refractivity contribution in [1.82, 2.24) is 0 Å². The molecule has 3 nitrogen and oxygen atoms in total. The zero-order valence-electron chi connectivity index (χ0n) is 50.5. The molecule has 0 saturated heterocycles. The summed E-state index contributed by atoms with van der Waals surface area (Å²) in [5, 5.41) is 1.25. The molecule has 12 rings (SSSR count). The topological polar surface area (TPSA) is 9.72 Å². The second-order valence-corrected chi connectivity index (χ2v) is 27.9. The first kappa shape index (κ1) is 55.2. The van der Waals surface area contributed by atoms with Crippen LogP contribution in [-0.4, -0.2) is 6.71 Å². The number of nitrogens with zero attached hydrogens (tertiary/aromatic N) is 3. The van der Waals surface area contributed by atoms with Gasteiger partial charge in [-0.15, -0.1) is 11.3 Å². The van der Waals surface area contributed by atoms with Gasteiger partial charge in [0.1, 0.15) is 0 Å². The van der Waals surface area contributed by atoms with Gasteiger partial charge in [-0.05, 0) is 168 Å². The third-order valence-electron chi connectivity index (χ3n) is 16.6. The summed E-state index contributed by atoms with van der Waals surface area (Å²) < 4.78 is 2.59. The van der Waals surface area contributed by atoms with Crippen molar-refractivity contribution in [2.75, 3.05) is 14.7 Å². The summed E-state index contributed by atoms with van der Waals surface area (Å²) in [6.07, 6.45) is 8.67. The van der Waals surface area contributed by atoms with E-state index in [2.05, 4.69) is 329 Å². The molecule has 2 aliphatic heterocycles. The molecule has 3 heterocycles. The fourth-order valence-corrected chi connectivity index (χ4v) is 13.5. The van der Waals surface area contributed by atoms with E-state index in [0.717, 1.165) is 39.7 Å². The zero-order valence-corrected chi connectivity index (χ0v) is 51.3. The molecule has 9 aromatic carbocycles. The fourth-order valence-electron chi connectivity index (χ4n) is 12.2. The molecule has 1 aromatic heterocycles. The molecule has 0 spiro atoms. The molecule has 0 N–H and O–H groups in total. The van der Waals surface area contributed by atoms with Crippen LogP contribution in [0.25, 0.3) is 43.5 Å². The van der Waals surface area contributed by atoms with E-state index < -0.39 is 0 Å². The molecular weight excluding hydrogens is 1020 g/mol.